The first-order valence-electron chi connectivity index (χ1n) is 9.82. The van der Waals surface area contributed by atoms with Gasteiger partial charge < -0.3 is 18.6 Å². The Morgan fingerprint density at radius 3 is 2.79 bits per heavy atom. The second-order valence-electron chi connectivity index (χ2n) is 7.44. The fourth-order valence-corrected chi connectivity index (χ4v) is 4.40. The van der Waals surface area contributed by atoms with Crippen LogP contribution < -0.4 is 4.74 Å². The van der Waals surface area contributed by atoms with Crippen LogP contribution in [0.2, 0.25) is 0 Å². The molecule has 1 fully saturated rings. The third-order valence-electron chi connectivity index (χ3n) is 5.10. The van der Waals surface area contributed by atoms with Crippen LogP contribution in [0.1, 0.15) is 29.2 Å². The van der Waals surface area contributed by atoms with Crippen molar-refractivity contribution in [2.75, 3.05) is 13.2 Å². The molecule has 8 heteroatoms. The Labute approximate surface area is 173 Å². The summed E-state index contributed by atoms with van der Waals surface area (Å²) >= 11 is 1.50. The zero-order chi connectivity index (χ0) is 19.8. The van der Waals surface area contributed by atoms with Crippen molar-refractivity contribution in [3.05, 3.63) is 53.2 Å². The second-order valence-corrected chi connectivity index (χ2v) is 8.33. The molecule has 0 spiro atoms. The lowest BCUT2D eigenvalue weighted by molar-refractivity contribution is 0.0242. The monoisotopic (exact) mass is 409 g/mol. The van der Waals surface area contributed by atoms with E-state index in [4.69, 9.17) is 19.4 Å². The van der Waals surface area contributed by atoms with E-state index in [9.17, 15) is 0 Å². The van der Waals surface area contributed by atoms with Crippen molar-refractivity contribution in [1.82, 2.24) is 23.5 Å². The number of hydrogen-bond donors (Lipinski definition) is 0. The third-order valence-corrected chi connectivity index (χ3v) is 5.97. The summed E-state index contributed by atoms with van der Waals surface area (Å²) in [6.45, 7) is 3.46. The van der Waals surface area contributed by atoms with Gasteiger partial charge in [0, 0.05) is 49.8 Å². The highest BCUT2D eigenvalue weighted by Crippen LogP contribution is 2.30. The summed E-state index contributed by atoms with van der Waals surface area (Å²) in [4.78, 5) is 10.8. The predicted molar refractivity (Wildman–Crippen MR) is 112 cm³/mol. The molecule has 0 unspecified atom stereocenters. The molecule has 4 aromatic rings. The van der Waals surface area contributed by atoms with Gasteiger partial charge in [0.1, 0.15) is 17.4 Å². The summed E-state index contributed by atoms with van der Waals surface area (Å²) in [7, 11) is 2.01. The number of nitrogens with zero attached hydrogens (tertiary/aromatic N) is 5. The molecule has 1 aliphatic rings. The number of fused-ring (bicyclic) bond motifs is 1. The van der Waals surface area contributed by atoms with Gasteiger partial charge in [0.15, 0.2) is 0 Å². The predicted octanol–water partition coefficient (Wildman–Crippen LogP) is 3.67. The molecule has 0 bridgehead atoms. The first kappa shape index (κ1) is 18.3. The maximum Gasteiger partial charge on any atom is 0.242 e. The van der Waals surface area contributed by atoms with E-state index in [1.165, 1.54) is 11.5 Å². The molecule has 0 amide bonds. The highest BCUT2D eigenvalue weighted by Gasteiger charge is 2.21. The van der Waals surface area contributed by atoms with Crippen LogP contribution in [0.25, 0.3) is 16.7 Å². The van der Waals surface area contributed by atoms with E-state index in [-0.39, 0.29) is 6.10 Å². The first-order chi connectivity index (χ1) is 14.2. The van der Waals surface area contributed by atoms with Crippen LogP contribution in [0, 0.1) is 6.92 Å². The standard InChI is InChI=1S/C21H23N5O2S/c1-14-11-17(29-24-14)12-19-22-18-4-8-26(15-3-7-25(2)13-15)20(18)21(23-19)28-16-5-9-27-10-6-16/h3-4,7-8,11,13,16H,5-6,9-10,12H2,1-2H3. The fraction of sp³-hybridized carbons (Fsp3) is 0.381. The summed E-state index contributed by atoms with van der Waals surface area (Å²) in [5, 5.41) is 0. The molecule has 29 heavy (non-hydrogen) atoms. The molecule has 5 rings (SSSR count). The van der Waals surface area contributed by atoms with Crippen LogP contribution in [0.4, 0.5) is 0 Å². The van der Waals surface area contributed by atoms with E-state index in [0.717, 1.165) is 59.2 Å². The van der Waals surface area contributed by atoms with Crippen molar-refractivity contribution in [2.24, 2.45) is 7.05 Å². The minimum atomic E-state index is 0.111. The topological polar surface area (TPSA) is 67.0 Å². The van der Waals surface area contributed by atoms with Gasteiger partial charge in [0.05, 0.1) is 30.1 Å². The van der Waals surface area contributed by atoms with Crippen LogP contribution in [-0.4, -0.2) is 42.8 Å². The molecule has 7 nitrogen and oxygen atoms in total. The maximum atomic E-state index is 6.41. The molecule has 0 aliphatic carbocycles. The van der Waals surface area contributed by atoms with Crippen molar-refractivity contribution in [2.45, 2.75) is 32.3 Å². The van der Waals surface area contributed by atoms with E-state index in [1.54, 1.807) is 0 Å². The van der Waals surface area contributed by atoms with E-state index in [0.29, 0.717) is 12.3 Å². The molecule has 4 aromatic heterocycles. The number of ether oxygens (including phenoxy) is 2. The largest absolute Gasteiger partial charge is 0.473 e. The van der Waals surface area contributed by atoms with Crippen LogP contribution in [0.3, 0.4) is 0 Å². The SMILES string of the molecule is Cc1cc(Cc2nc(OC3CCOCC3)c3c(ccn3-c3ccn(C)c3)n2)sn1. The fourth-order valence-electron chi connectivity index (χ4n) is 3.67. The molecule has 0 saturated carbocycles. The summed E-state index contributed by atoms with van der Waals surface area (Å²) in [6, 6.07) is 6.19. The molecule has 5 heterocycles. The molecule has 1 saturated heterocycles. The Kier molecular flexibility index (Phi) is 4.81. The average Bonchev–Trinajstić information content (AvgIpc) is 3.43. The third kappa shape index (κ3) is 3.77. The Balaban J connectivity index is 1.58. The van der Waals surface area contributed by atoms with Gasteiger partial charge in [-0.2, -0.15) is 9.36 Å². The maximum absolute atomic E-state index is 6.41. The van der Waals surface area contributed by atoms with E-state index in [2.05, 4.69) is 27.3 Å². The molecule has 1 aliphatic heterocycles. The molecule has 0 N–H and O–H groups in total. The molecular weight excluding hydrogens is 386 g/mol. The van der Waals surface area contributed by atoms with Crippen molar-refractivity contribution in [1.29, 1.82) is 0 Å². The van der Waals surface area contributed by atoms with Gasteiger partial charge in [-0.3, -0.25) is 0 Å². The van der Waals surface area contributed by atoms with Crippen molar-refractivity contribution >= 4 is 22.6 Å². The van der Waals surface area contributed by atoms with Gasteiger partial charge in [-0.1, -0.05) is 0 Å². The quantitative estimate of drug-likeness (QED) is 0.503. The van der Waals surface area contributed by atoms with E-state index >= 15 is 0 Å². The molecule has 0 radical (unpaired) electrons. The summed E-state index contributed by atoms with van der Waals surface area (Å²) in [5.41, 5.74) is 3.89. The normalized spacial score (nSPS) is 15.2. The van der Waals surface area contributed by atoms with Crippen molar-refractivity contribution in [3.63, 3.8) is 0 Å². The lowest BCUT2D eigenvalue weighted by atomic mass is 10.1. The Morgan fingerprint density at radius 2 is 2.07 bits per heavy atom. The number of aryl methyl sites for hydroxylation is 2. The number of hydrogen-bond acceptors (Lipinski definition) is 6. The second kappa shape index (κ2) is 7.61. The van der Waals surface area contributed by atoms with Gasteiger partial charge in [-0.05, 0) is 36.7 Å². The lowest BCUT2D eigenvalue weighted by Crippen LogP contribution is -2.26. The minimum Gasteiger partial charge on any atom is -0.473 e. The van der Waals surface area contributed by atoms with Gasteiger partial charge in [0.2, 0.25) is 5.88 Å². The molecule has 0 aromatic carbocycles. The van der Waals surface area contributed by atoms with Gasteiger partial charge >= 0.3 is 0 Å². The van der Waals surface area contributed by atoms with Crippen LogP contribution in [0.5, 0.6) is 5.88 Å². The summed E-state index contributed by atoms with van der Waals surface area (Å²) < 4.78 is 20.4. The van der Waals surface area contributed by atoms with Crippen LogP contribution in [-0.2, 0) is 18.2 Å². The molecule has 150 valence electrons. The highest BCUT2D eigenvalue weighted by molar-refractivity contribution is 7.05. The Morgan fingerprint density at radius 1 is 1.21 bits per heavy atom. The average molecular weight is 410 g/mol. The number of rotatable bonds is 5. The van der Waals surface area contributed by atoms with Gasteiger partial charge in [-0.15, -0.1) is 0 Å². The Bertz CT molecular complexity index is 1140. The summed E-state index contributed by atoms with van der Waals surface area (Å²) in [6.07, 6.45) is 8.66. The van der Waals surface area contributed by atoms with Gasteiger partial charge in [-0.25, -0.2) is 4.98 Å². The Hall–Kier alpha value is -2.71. The van der Waals surface area contributed by atoms with Crippen LogP contribution >= 0.6 is 11.5 Å². The van der Waals surface area contributed by atoms with E-state index < -0.39 is 0 Å². The smallest absolute Gasteiger partial charge is 0.242 e. The van der Waals surface area contributed by atoms with Crippen LogP contribution in [0.15, 0.2) is 36.8 Å². The highest BCUT2D eigenvalue weighted by atomic mass is 32.1. The molecule has 0 atom stereocenters. The number of aromatic nitrogens is 5. The first-order valence-corrected chi connectivity index (χ1v) is 10.6. The van der Waals surface area contributed by atoms with Gasteiger partial charge in [0.25, 0.3) is 0 Å². The zero-order valence-corrected chi connectivity index (χ0v) is 17.4. The minimum absolute atomic E-state index is 0.111. The summed E-state index contributed by atoms with van der Waals surface area (Å²) in [5.74, 6) is 1.40. The zero-order valence-electron chi connectivity index (χ0n) is 16.5. The lowest BCUT2D eigenvalue weighted by Gasteiger charge is -2.23. The van der Waals surface area contributed by atoms with Crippen molar-refractivity contribution < 1.29 is 9.47 Å². The van der Waals surface area contributed by atoms with E-state index in [1.807, 2.05) is 37.0 Å². The van der Waals surface area contributed by atoms with Crippen molar-refractivity contribution in [3.8, 4) is 11.6 Å². The molecular formula is C21H23N5O2S.